The highest BCUT2D eigenvalue weighted by atomic mass is 32.2. The van der Waals surface area contributed by atoms with Crippen LogP contribution in [0.25, 0.3) is 0 Å². The van der Waals surface area contributed by atoms with Crippen LogP contribution in [0.2, 0.25) is 0 Å². The van der Waals surface area contributed by atoms with Gasteiger partial charge in [0.25, 0.3) is 10.2 Å². The summed E-state index contributed by atoms with van der Waals surface area (Å²) in [5.74, 6) is 0.339. The van der Waals surface area contributed by atoms with Gasteiger partial charge in [-0.15, -0.1) is 0 Å². The van der Waals surface area contributed by atoms with E-state index in [9.17, 15) is 8.42 Å². The van der Waals surface area contributed by atoms with E-state index in [-0.39, 0.29) is 12.1 Å². The molecule has 2 aliphatic rings. The summed E-state index contributed by atoms with van der Waals surface area (Å²) in [6.45, 7) is 11.4. The molecule has 0 aromatic heterocycles. The van der Waals surface area contributed by atoms with Gasteiger partial charge in [0, 0.05) is 38.3 Å². The van der Waals surface area contributed by atoms with Gasteiger partial charge in [-0.3, -0.25) is 4.90 Å². The quantitative estimate of drug-likeness (QED) is 0.810. The minimum Gasteiger partial charge on any atom is -0.376 e. The van der Waals surface area contributed by atoms with E-state index in [1.807, 2.05) is 6.92 Å². The summed E-state index contributed by atoms with van der Waals surface area (Å²) >= 11 is 0. The Bertz CT molecular complexity index is 427. The second-order valence-electron chi connectivity index (χ2n) is 6.29. The molecule has 2 rings (SSSR count). The van der Waals surface area contributed by atoms with Crippen LogP contribution in [0.5, 0.6) is 0 Å². The molecular weight excluding hydrogens is 278 g/mol. The molecule has 3 atom stereocenters. The Morgan fingerprint density at radius 3 is 2.45 bits per heavy atom. The van der Waals surface area contributed by atoms with Crippen molar-refractivity contribution in [3.05, 3.63) is 0 Å². The summed E-state index contributed by atoms with van der Waals surface area (Å²) in [7, 11) is -3.41. The van der Waals surface area contributed by atoms with Gasteiger partial charge < -0.3 is 4.74 Å². The van der Waals surface area contributed by atoms with Crippen LogP contribution >= 0.6 is 0 Å². The minimum absolute atomic E-state index is 0.000510. The maximum atomic E-state index is 12.4. The SMILES string of the molecule is CC(C)N1C[C@@H](C)[C@H](NS(=O)(=O)N2CCO[C@H](C)C2)C1. The van der Waals surface area contributed by atoms with Gasteiger partial charge in [-0.25, -0.2) is 0 Å². The monoisotopic (exact) mass is 305 g/mol. The lowest BCUT2D eigenvalue weighted by Gasteiger charge is -2.31. The third-order valence-corrected chi connectivity index (χ3v) is 5.83. The number of hydrogen-bond acceptors (Lipinski definition) is 4. The molecular formula is C13H27N3O3S. The molecule has 0 amide bonds. The minimum atomic E-state index is -3.41. The molecule has 0 aromatic carbocycles. The van der Waals surface area contributed by atoms with Crippen molar-refractivity contribution >= 4 is 10.2 Å². The fourth-order valence-corrected chi connectivity index (χ4v) is 4.41. The van der Waals surface area contributed by atoms with E-state index < -0.39 is 10.2 Å². The van der Waals surface area contributed by atoms with Gasteiger partial charge in [-0.05, 0) is 26.7 Å². The molecule has 0 unspecified atom stereocenters. The second-order valence-corrected chi connectivity index (χ2v) is 8.00. The molecule has 6 nitrogen and oxygen atoms in total. The Hall–Kier alpha value is -0.210. The van der Waals surface area contributed by atoms with Crippen molar-refractivity contribution < 1.29 is 13.2 Å². The van der Waals surface area contributed by atoms with Crippen molar-refractivity contribution in [1.29, 1.82) is 0 Å². The lowest BCUT2D eigenvalue weighted by Crippen LogP contribution is -2.52. The normalized spacial score (nSPS) is 34.0. The molecule has 0 radical (unpaired) electrons. The van der Waals surface area contributed by atoms with Crippen molar-refractivity contribution in [2.75, 3.05) is 32.8 Å². The summed E-state index contributed by atoms with van der Waals surface area (Å²) in [5.41, 5.74) is 0. The highest BCUT2D eigenvalue weighted by Crippen LogP contribution is 2.20. The average Bonchev–Trinajstić information content (AvgIpc) is 2.70. The zero-order valence-electron chi connectivity index (χ0n) is 12.9. The highest BCUT2D eigenvalue weighted by Gasteiger charge is 2.36. The summed E-state index contributed by atoms with van der Waals surface area (Å²) < 4.78 is 34.7. The van der Waals surface area contributed by atoms with Crippen LogP contribution < -0.4 is 4.72 Å². The van der Waals surface area contributed by atoms with Crippen LogP contribution in [0.4, 0.5) is 0 Å². The van der Waals surface area contributed by atoms with Crippen LogP contribution in [0, 0.1) is 5.92 Å². The van der Waals surface area contributed by atoms with Crippen LogP contribution in [0.1, 0.15) is 27.7 Å². The highest BCUT2D eigenvalue weighted by molar-refractivity contribution is 7.87. The van der Waals surface area contributed by atoms with E-state index in [1.54, 1.807) is 0 Å². The van der Waals surface area contributed by atoms with Crippen molar-refractivity contribution in [2.24, 2.45) is 5.92 Å². The number of rotatable bonds is 4. The molecule has 2 heterocycles. The number of hydrogen-bond donors (Lipinski definition) is 1. The van der Waals surface area contributed by atoms with Crippen LogP contribution in [-0.2, 0) is 14.9 Å². The first-order valence-corrected chi connectivity index (χ1v) is 8.86. The number of ether oxygens (including phenoxy) is 1. The van der Waals surface area contributed by atoms with Gasteiger partial charge in [0.1, 0.15) is 0 Å². The predicted molar refractivity (Wildman–Crippen MR) is 78.7 cm³/mol. The molecule has 118 valence electrons. The molecule has 2 aliphatic heterocycles. The summed E-state index contributed by atoms with van der Waals surface area (Å²) in [5, 5.41) is 0. The largest absolute Gasteiger partial charge is 0.376 e. The molecule has 7 heteroatoms. The lowest BCUT2D eigenvalue weighted by atomic mass is 10.1. The Labute approximate surface area is 122 Å². The molecule has 0 saturated carbocycles. The lowest BCUT2D eigenvalue weighted by molar-refractivity contribution is 0.00963. The molecule has 20 heavy (non-hydrogen) atoms. The molecule has 2 fully saturated rings. The second kappa shape index (κ2) is 6.27. The Balaban J connectivity index is 1.98. The standard InChI is InChI=1S/C13H27N3O3S/c1-10(2)15-7-11(3)13(9-15)14-20(17,18)16-5-6-19-12(4)8-16/h10-14H,5-9H2,1-4H3/t11-,12-,13-/m1/s1. The fourth-order valence-electron chi connectivity index (χ4n) is 2.85. The van der Waals surface area contributed by atoms with Crippen molar-refractivity contribution in [2.45, 2.75) is 45.9 Å². The molecule has 1 N–H and O–H groups in total. The Kier molecular flexibility index (Phi) is 5.07. The van der Waals surface area contributed by atoms with Gasteiger partial charge in [0.2, 0.25) is 0 Å². The van der Waals surface area contributed by atoms with Crippen LogP contribution in [-0.4, -0.2) is 68.6 Å². The van der Waals surface area contributed by atoms with Crippen molar-refractivity contribution in [1.82, 2.24) is 13.9 Å². The summed E-state index contributed by atoms with van der Waals surface area (Å²) in [6, 6.07) is 0.455. The molecule has 0 bridgehead atoms. The first-order chi connectivity index (χ1) is 9.29. The number of nitrogens with one attached hydrogen (secondary N) is 1. The van der Waals surface area contributed by atoms with Gasteiger partial charge in [-0.2, -0.15) is 17.4 Å². The smallest absolute Gasteiger partial charge is 0.279 e. The average molecular weight is 305 g/mol. The van der Waals surface area contributed by atoms with Gasteiger partial charge >= 0.3 is 0 Å². The van der Waals surface area contributed by atoms with Crippen molar-refractivity contribution in [3.8, 4) is 0 Å². The van der Waals surface area contributed by atoms with E-state index in [0.717, 1.165) is 13.1 Å². The Morgan fingerprint density at radius 2 is 1.90 bits per heavy atom. The summed E-state index contributed by atoms with van der Waals surface area (Å²) in [4.78, 5) is 2.32. The molecule has 0 spiro atoms. The van der Waals surface area contributed by atoms with E-state index in [4.69, 9.17) is 4.74 Å². The Morgan fingerprint density at radius 1 is 1.20 bits per heavy atom. The van der Waals surface area contributed by atoms with Crippen LogP contribution in [0.3, 0.4) is 0 Å². The predicted octanol–water partition coefficient (Wildman–Crippen LogP) is 0.270. The first-order valence-electron chi connectivity index (χ1n) is 7.42. The molecule has 0 aromatic rings. The third kappa shape index (κ3) is 3.71. The van der Waals surface area contributed by atoms with E-state index in [0.29, 0.717) is 31.7 Å². The van der Waals surface area contributed by atoms with Gasteiger partial charge in [0.15, 0.2) is 0 Å². The maximum absolute atomic E-state index is 12.4. The van der Waals surface area contributed by atoms with E-state index in [2.05, 4.69) is 30.4 Å². The zero-order chi connectivity index (χ0) is 14.9. The third-order valence-electron chi connectivity index (χ3n) is 4.21. The number of nitrogens with zero attached hydrogens (tertiary/aromatic N) is 2. The first kappa shape index (κ1) is 16.2. The topological polar surface area (TPSA) is 61.9 Å². The van der Waals surface area contributed by atoms with Gasteiger partial charge in [0.05, 0.1) is 12.7 Å². The van der Waals surface area contributed by atoms with E-state index in [1.165, 1.54) is 4.31 Å². The fraction of sp³-hybridized carbons (Fsp3) is 1.00. The number of morpholine rings is 1. The zero-order valence-corrected chi connectivity index (χ0v) is 13.7. The van der Waals surface area contributed by atoms with Crippen molar-refractivity contribution in [3.63, 3.8) is 0 Å². The maximum Gasteiger partial charge on any atom is 0.279 e. The summed E-state index contributed by atoms with van der Waals surface area (Å²) in [6.07, 6.45) is -0.0338. The van der Waals surface area contributed by atoms with Crippen LogP contribution in [0.15, 0.2) is 0 Å². The number of likely N-dealkylation sites (tertiary alicyclic amines) is 1. The molecule has 2 saturated heterocycles. The van der Waals surface area contributed by atoms with E-state index >= 15 is 0 Å². The van der Waals surface area contributed by atoms with Gasteiger partial charge in [-0.1, -0.05) is 6.92 Å². The molecule has 0 aliphatic carbocycles.